The summed E-state index contributed by atoms with van der Waals surface area (Å²) in [4.78, 5) is 28.0. The number of rotatable bonds is 5. The molecule has 0 bridgehead atoms. The Morgan fingerprint density at radius 3 is 2.71 bits per heavy atom. The molecule has 0 saturated heterocycles. The second kappa shape index (κ2) is 5.74. The van der Waals surface area contributed by atoms with Crippen LogP contribution in [0.1, 0.15) is 27.2 Å². The Bertz CT molecular complexity index is 417. The van der Waals surface area contributed by atoms with E-state index in [0.29, 0.717) is 6.54 Å². The molecule has 1 rings (SSSR count). The zero-order valence-corrected chi connectivity index (χ0v) is 10.7. The summed E-state index contributed by atoms with van der Waals surface area (Å²) >= 11 is 1.03. The lowest BCUT2D eigenvalue weighted by Gasteiger charge is -2.17. The van der Waals surface area contributed by atoms with Crippen LogP contribution in [0.25, 0.3) is 0 Å². The molecule has 0 saturated carbocycles. The van der Waals surface area contributed by atoms with E-state index in [4.69, 9.17) is 5.11 Å². The number of nitrogens with zero attached hydrogens (tertiary/aromatic N) is 2. The summed E-state index contributed by atoms with van der Waals surface area (Å²) in [6.07, 6.45) is 0. The Morgan fingerprint density at radius 1 is 1.59 bits per heavy atom. The van der Waals surface area contributed by atoms with Crippen LogP contribution in [0.4, 0.5) is 0 Å². The SMILES string of the molecule is CC(CN(C)C)NC(=O)c1nc(C(=O)O)cs1. The monoisotopic (exact) mass is 257 g/mol. The van der Waals surface area contributed by atoms with E-state index >= 15 is 0 Å². The van der Waals surface area contributed by atoms with Crippen LogP contribution in [-0.2, 0) is 0 Å². The van der Waals surface area contributed by atoms with E-state index in [0.717, 1.165) is 11.3 Å². The molecule has 1 amide bonds. The highest BCUT2D eigenvalue weighted by molar-refractivity contribution is 7.11. The highest BCUT2D eigenvalue weighted by atomic mass is 32.1. The van der Waals surface area contributed by atoms with Gasteiger partial charge in [0.15, 0.2) is 10.7 Å². The largest absolute Gasteiger partial charge is 0.476 e. The van der Waals surface area contributed by atoms with E-state index in [9.17, 15) is 9.59 Å². The fraction of sp³-hybridized carbons (Fsp3) is 0.500. The predicted molar refractivity (Wildman–Crippen MR) is 64.6 cm³/mol. The summed E-state index contributed by atoms with van der Waals surface area (Å²) in [6.45, 7) is 2.59. The van der Waals surface area contributed by atoms with Gasteiger partial charge in [-0.15, -0.1) is 11.3 Å². The molecule has 0 aromatic carbocycles. The van der Waals surface area contributed by atoms with Gasteiger partial charge in [0.2, 0.25) is 0 Å². The smallest absolute Gasteiger partial charge is 0.355 e. The van der Waals surface area contributed by atoms with Crippen molar-refractivity contribution in [3.63, 3.8) is 0 Å². The van der Waals surface area contributed by atoms with Gasteiger partial charge in [0.05, 0.1) is 0 Å². The zero-order chi connectivity index (χ0) is 13.0. The Balaban J connectivity index is 2.60. The first-order valence-corrected chi connectivity index (χ1v) is 5.92. The van der Waals surface area contributed by atoms with Gasteiger partial charge in [-0.05, 0) is 21.0 Å². The maximum absolute atomic E-state index is 11.7. The summed E-state index contributed by atoms with van der Waals surface area (Å²) in [5, 5.41) is 13.0. The van der Waals surface area contributed by atoms with Crippen molar-refractivity contribution in [1.29, 1.82) is 0 Å². The van der Waals surface area contributed by atoms with Crippen molar-refractivity contribution in [3.05, 3.63) is 16.1 Å². The van der Waals surface area contributed by atoms with Crippen molar-refractivity contribution >= 4 is 23.2 Å². The van der Waals surface area contributed by atoms with Gasteiger partial charge in [-0.2, -0.15) is 0 Å². The van der Waals surface area contributed by atoms with Gasteiger partial charge >= 0.3 is 5.97 Å². The van der Waals surface area contributed by atoms with Crippen LogP contribution < -0.4 is 5.32 Å². The zero-order valence-electron chi connectivity index (χ0n) is 9.93. The predicted octanol–water partition coefficient (Wildman–Crippen LogP) is 0.521. The van der Waals surface area contributed by atoms with Crippen LogP contribution in [0, 0.1) is 0 Å². The minimum Gasteiger partial charge on any atom is -0.476 e. The maximum atomic E-state index is 11.7. The summed E-state index contributed by atoms with van der Waals surface area (Å²) < 4.78 is 0. The first kappa shape index (κ1) is 13.6. The van der Waals surface area contributed by atoms with E-state index in [-0.39, 0.29) is 22.7 Å². The fourth-order valence-electron chi connectivity index (χ4n) is 1.36. The highest BCUT2D eigenvalue weighted by Crippen LogP contribution is 2.09. The Hall–Kier alpha value is -1.47. The molecule has 0 aliphatic heterocycles. The van der Waals surface area contributed by atoms with E-state index in [1.807, 2.05) is 25.9 Å². The second-order valence-corrected chi connectivity index (χ2v) is 4.84. The maximum Gasteiger partial charge on any atom is 0.355 e. The fourth-order valence-corrected chi connectivity index (χ4v) is 2.05. The number of carbonyl (C=O) groups is 2. The lowest BCUT2D eigenvalue weighted by atomic mass is 10.3. The van der Waals surface area contributed by atoms with Crippen molar-refractivity contribution in [2.75, 3.05) is 20.6 Å². The molecule has 2 N–H and O–H groups in total. The third-order valence-corrected chi connectivity index (χ3v) is 2.78. The molecule has 0 fully saturated rings. The number of carboxylic acid groups (broad SMARTS) is 1. The molecular formula is C10H15N3O3S. The van der Waals surface area contributed by atoms with E-state index in [1.54, 1.807) is 0 Å². The van der Waals surface area contributed by atoms with Crippen LogP contribution in [0.5, 0.6) is 0 Å². The highest BCUT2D eigenvalue weighted by Gasteiger charge is 2.16. The Kier molecular flexibility index (Phi) is 4.59. The minimum atomic E-state index is -1.12. The number of hydrogen-bond acceptors (Lipinski definition) is 5. The van der Waals surface area contributed by atoms with Gasteiger partial charge in [0.1, 0.15) is 0 Å². The van der Waals surface area contributed by atoms with E-state index < -0.39 is 5.97 Å². The van der Waals surface area contributed by atoms with E-state index in [2.05, 4.69) is 10.3 Å². The third-order valence-electron chi connectivity index (χ3n) is 1.93. The van der Waals surface area contributed by atoms with E-state index in [1.165, 1.54) is 5.38 Å². The minimum absolute atomic E-state index is 0.0188. The lowest BCUT2D eigenvalue weighted by Crippen LogP contribution is -2.39. The van der Waals surface area contributed by atoms with Crippen molar-refractivity contribution in [3.8, 4) is 0 Å². The van der Waals surface area contributed by atoms with Gasteiger partial charge in [-0.1, -0.05) is 0 Å². The number of aromatic nitrogens is 1. The molecule has 17 heavy (non-hydrogen) atoms. The molecule has 1 atom stereocenters. The number of amides is 1. The molecule has 1 aromatic rings. The number of thiazole rings is 1. The number of carbonyl (C=O) groups excluding carboxylic acids is 1. The van der Waals surface area contributed by atoms with Crippen molar-refractivity contribution in [2.45, 2.75) is 13.0 Å². The van der Waals surface area contributed by atoms with Crippen molar-refractivity contribution < 1.29 is 14.7 Å². The first-order chi connectivity index (χ1) is 7.90. The number of hydrogen-bond donors (Lipinski definition) is 2. The normalized spacial score (nSPS) is 12.5. The quantitative estimate of drug-likeness (QED) is 0.803. The number of likely N-dealkylation sites (N-methyl/N-ethyl adjacent to an activating group) is 1. The summed E-state index contributed by atoms with van der Waals surface area (Å²) in [7, 11) is 3.82. The van der Waals surface area contributed by atoms with Crippen LogP contribution in [-0.4, -0.2) is 53.5 Å². The topological polar surface area (TPSA) is 82.5 Å². The number of nitrogens with one attached hydrogen (secondary N) is 1. The molecule has 0 radical (unpaired) electrons. The molecule has 7 heteroatoms. The molecule has 1 unspecified atom stereocenters. The van der Waals surface area contributed by atoms with Crippen LogP contribution in [0.2, 0.25) is 0 Å². The lowest BCUT2D eigenvalue weighted by molar-refractivity contribution is 0.0691. The third kappa shape index (κ3) is 4.12. The second-order valence-electron chi connectivity index (χ2n) is 3.98. The summed E-state index contributed by atoms with van der Waals surface area (Å²) in [5.41, 5.74) is -0.0968. The van der Waals surface area contributed by atoms with Crippen LogP contribution >= 0.6 is 11.3 Å². The van der Waals surface area contributed by atoms with Gasteiger partial charge < -0.3 is 15.3 Å². The molecule has 6 nitrogen and oxygen atoms in total. The van der Waals surface area contributed by atoms with Gasteiger partial charge in [0, 0.05) is 18.0 Å². The molecule has 0 aliphatic carbocycles. The number of aromatic carboxylic acids is 1. The summed E-state index contributed by atoms with van der Waals surface area (Å²) in [5.74, 6) is -1.46. The number of carboxylic acids is 1. The molecule has 0 aliphatic rings. The van der Waals surface area contributed by atoms with Crippen LogP contribution in [0.3, 0.4) is 0 Å². The molecule has 94 valence electrons. The standard InChI is InChI=1S/C10H15N3O3S/c1-6(4-13(2)3)11-8(14)9-12-7(5-17-9)10(15)16/h5-6H,4H2,1-3H3,(H,11,14)(H,15,16). The first-order valence-electron chi connectivity index (χ1n) is 5.04. The average molecular weight is 257 g/mol. The summed E-state index contributed by atoms with van der Waals surface area (Å²) in [6, 6.07) is -0.0188. The average Bonchev–Trinajstić information content (AvgIpc) is 2.64. The van der Waals surface area contributed by atoms with Crippen LogP contribution in [0.15, 0.2) is 5.38 Å². The van der Waals surface area contributed by atoms with Gasteiger partial charge in [-0.25, -0.2) is 9.78 Å². The van der Waals surface area contributed by atoms with Crippen molar-refractivity contribution in [1.82, 2.24) is 15.2 Å². The Labute approximate surface area is 103 Å². The van der Waals surface area contributed by atoms with Crippen molar-refractivity contribution in [2.24, 2.45) is 0 Å². The molecular weight excluding hydrogens is 242 g/mol. The Morgan fingerprint density at radius 2 is 2.24 bits per heavy atom. The molecule has 1 aromatic heterocycles. The van der Waals surface area contributed by atoms with Gasteiger partial charge in [-0.3, -0.25) is 4.79 Å². The molecule has 1 heterocycles. The molecule has 0 spiro atoms. The van der Waals surface area contributed by atoms with Gasteiger partial charge in [0.25, 0.3) is 5.91 Å².